The van der Waals surface area contributed by atoms with Crippen molar-refractivity contribution in [3.8, 4) is 0 Å². The van der Waals surface area contributed by atoms with Crippen molar-refractivity contribution in [1.82, 2.24) is 9.80 Å². The van der Waals surface area contributed by atoms with Crippen molar-refractivity contribution in [3.63, 3.8) is 0 Å². The molecule has 2 rings (SSSR count). The van der Waals surface area contributed by atoms with Crippen molar-refractivity contribution in [1.29, 1.82) is 0 Å². The van der Waals surface area contributed by atoms with Gasteiger partial charge in [-0.3, -0.25) is 9.69 Å². The molecule has 13 heavy (non-hydrogen) atoms. The molecular formula is C9H16N2O2. The van der Waals surface area contributed by atoms with Gasteiger partial charge in [0.2, 0.25) is 0 Å². The summed E-state index contributed by atoms with van der Waals surface area (Å²) in [6.07, 6.45) is 1.17. The fourth-order valence-electron chi connectivity index (χ4n) is 2.71. The average molecular weight is 184 g/mol. The second kappa shape index (κ2) is 2.96. The minimum Gasteiger partial charge on any atom is -0.480 e. The molecule has 0 radical (unpaired) electrons. The van der Waals surface area contributed by atoms with Gasteiger partial charge in [-0.2, -0.15) is 0 Å². The van der Waals surface area contributed by atoms with Crippen LogP contribution in [0.3, 0.4) is 0 Å². The van der Waals surface area contributed by atoms with Crippen molar-refractivity contribution in [2.75, 3.05) is 39.8 Å². The highest BCUT2D eigenvalue weighted by atomic mass is 16.4. The summed E-state index contributed by atoms with van der Waals surface area (Å²) in [6.45, 7) is 4.43. The highest BCUT2D eigenvalue weighted by molar-refractivity contribution is 5.69. The zero-order valence-corrected chi connectivity index (χ0v) is 7.99. The van der Waals surface area contributed by atoms with E-state index in [9.17, 15) is 4.79 Å². The van der Waals surface area contributed by atoms with Crippen LogP contribution < -0.4 is 0 Å². The lowest BCUT2D eigenvalue weighted by molar-refractivity contribution is -0.138. The predicted octanol–water partition coefficient (Wildman–Crippen LogP) is -0.292. The Morgan fingerprint density at radius 3 is 2.69 bits per heavy atom. The van der Waals surface area contributed by atoms with Gasteiger partial charge >= 0.3 is 5.97 Å². The van der Waals surface area contributed by atoms with Crippen LogP contribution in [0.15, 0.2) is 0 Å². The minimum atomic E-state index is -0.704. The van der Waals surface area contributed by atoms with Gasteiger partial charge in [-0.1, -0.05) is 0 Å². The van der Waals surface area contributed by atoms with Crippen LogP contribution in [0.5, 0.6) is 0 Å². The third-order valence-electron chi connectivity index (χ3n) is 3.09. The maximum atomic E-state index is 10.5. The molecule has 0 aromatic rings. The first-order valence-electron chi connectivity index (χ1n) is 4.72. The molecule has 4 heteroatoms. The molecule has 2 aliphatic rings. The molecule has 0 aromatic heterocycles. The third kappa shape index (κ3) is 1.69. The second-order valence-electron chi connectivity index (χ2n) is 4.53. The number of carboxylic acids is 1. The number of nitrogens with zero attached hydrogens (tertiary/aromatic N) is 2. The predicted molar refractivity (Wildman–Crippen MR) is 48.6 cm³/mol. The molecule has 0 bridgehead atoms. The average Bonchev–Trinajstić information content (AvgIpc) is 2.30. The molecule has 2 heterocycles. The van der Waals surface area contributed by atoms with Crippen molar-refractivity contribution in [3.05, 3.63) is 0 Å². The Morgan fingerprint density at radius 2 is 2.15 bits per heavy atom. The van der Waals surface area contributed by atoms with Crippen molar-refractivity contribution < 1.29 is 9.90 Å². The molecule has 0 aliphatic carbocycles. The molecule has 4 nitrogen and oxygen atoms in total. The van der Waals surface area contributed by atoms with Gasteiger partial charge in [0.25, 0.3) is 0 Å². The number of carboxylic acid groups (broad SMARTS) is 1. The molecule has 0 aromatic carbocycles. The summed E-state index contributed by atoms with van der Waals surface area (Å²) in [5.41, 5.74) is 0.435. The summed E-state index contributed by atoms with van der Waals surface area (Å²) >= 11 is 0. The Kier molecular flexibility index (Phi) is 2.04. The Morgan fingerprint density at radius 1 is 1.46 bits per heavy atom. The van der Waals surface area contributed by atoms with Crippen LogP contribution in [0, 0.1) is 5.41 Å². The van der Waals surface area contributed by atoms with Crippen LogP contribution in [0.2, 0.25) is 0 Å². The first-order valence-corrected chi connectivity index (χ1v) is 4.72. The van der Waals surface area contributed by atoms with Crippen LogP contribution in [0.25, 0.3) is 0 Å². The lowest BCUT2D eigenvalue weighted by Gasteiger charge is -2.46. The molecule has 2 saturated heterocycles. The summed E-state index contributed by atoms with van der Waals surface area (Å²) in [4.78, 5) is 14.8. The number of rotatable bonds is 2. The van der Waals surface area contributed by atoms with E-state index in [0.717, 1.165) is 26.2 Å². The lowest BCUT2D eigenvalue weighted by Crippen LogP contribution is -2.55. The van der Waals surface area contributed by atoms with Crippen LogP contribution >= 0.6 is 0 Å². The Balaban J connectivity index is 1.84. The first kappa shape index (κ1) is 8.97. The maximum Gasteiger partial charge on any atom is 0.317 e. The molecule has 0 amide bonds. The largest absolute Gasteiger partial charge is 0.480 e. The summed E-state index contributed by atoms with van der Waals surface area (Å²) in [5.74, 6) is -0.704. The zero-order chi connectivity index (χ0) is 9.47. The fourth-order valence-corrected chi connectivity index (χ4v) is 2.71. The van der Waals surface area contributed by atoms with Crippen molar-refractivity contribution in [2.45, 2.75) is 6.42 Å². The van der Waals surface area contributed by atoms with Gasteiger partial charge in [-0.15, -0.1) is 0 Å². The topological polar surface area (TPSA) is 43.8 Å². The summed E-state index contributed by atoms with van der Waals surface area (Å²) in [7, 11) is 2.12. The Hall–Kier alpha value is -0.610. The van der Waals surface area contributed by atoms with Gasteiger partial charge in [0.15, 0.2) is 0 Å². The Bertz CT molecular complexity index is 224. The molecular weight excluding hydrogens is 168 g/mol. The van der Waals surface area contributed by atoms with Crippen LogP contribution in [-0.4, -0.2) is 60.6 Å². The SMILES string of the molecule is CN1CC2(CCN(CC(=O)O)C2)C1. The van der Waals surface area contributed by atoms with Gasteiger partial charge in [-0.05, 0) is 20.0 Å². The molecule has 0 atom stereocenters. The van der Waals surface area contributed by atoms with E-state index in [0.29, 0.717) is 5.41 Å². The first-order chi connectivity index (χ1) is 6.10. The highest BCUT2D eigenvalue weighted by Crippen LogP contribution is 2.38. The lowest BCUT2D eigenvalue weighted by atomic mass is 9.79. The van der Waals surface area contributed by atoms with E-state index in [1.54, 1.807) is 0 Å². The number of carbonyl (C=O) groups is 1. The van der Waals surface area contributed by atoms with E-state index in [-0.39, 0.29) is 6.54 Å². The van der Waals surface area contributed by atoms with E-state index < -0.39 is 5.97 Å². The van der Waals surface area contributed by atoms with E-state index in [4.69, 9.17) is 5.11 Å². The van der Waals surface area contributed by atoms with Crippen LogP contribution in [0.1, 0.15) is 6.42 Å². The third-order valence-corrected chi connectivity index (χ3v) is 3.09. The van der Waals surface area contributed by atoms with E-state index >= 15 is 0 Å². The second-order valence-corrected chi connectivity index (χ2v) is 4.53. The van der Waals surface area contributed by atoms with Gasteiger partial charge < -0.3 is 10.0 Å². The Labute approximate surface area is 78.1 Å². The summed E-state index contributed by atoms with van der Waals surface area (Å²) < 4.78 is 0. The molecule has 2 aliphatic heterocycles. The van der Waals surface area contributed by atoms with Crippen LogP contribution in [0.4, 0.5) is 0 Å². The molecule has 0 saturated carbocycles. The van der Waals surface area contributed by atoms with Gasteiger partial charge in [0, 0.05) is 25.0 Å². The maximum absolute atomic E-state index is 10.5. The highest BCUT2D eigenvalue weighted by Gasteiger charge is 2.46. The van der Waals surface area contributed by atoms with Crippen molar-refractivity contribution in [2.24, 2.45) is 5.41 Å². The van der Waals surface area contributed by atoms with Gasteiger partial charge in [0.1, 0.15) is 0 Å². The number of hydrogen-bond acceptors (Lipinski definition) is 3. The minimum absolute atomic E-state index is 0.214. The monoisotopic (exact) mass is 184 g/mol. The van der Waals surface area contributed by atoms with E-state index in [1.807, 2.05) is 0 Å². The van der Waals surface area contributed by atoms with Gasteiger partial charge in [-0.25, -0.2) is 0 Å². The fraction of sp³-hybridized carbons (Fsp3) is 0.889. The quantitative estimate of drug-likeness (QED) is 0.640. The number of hydrogen-bond donors (Lipinski definition) is 1. The molecule has 1 N–H and O–H groups in total. The summed E-state index contributed by atoms with van der Waals surface area (Å²) in [5, 5.41) is 8.63. The molecule has 0 unspecified atom stereocenters. The van der Waals surface area contributed by atoms with Crippen LogP contribution in [-0.2, 0) is 4.79 Å². The number of aliphatic carboxylic acids is 1. The summed E-state index contributed by atoms with van der Waals surface area (Å²) in [6, 6.07) is 0. The number of likely N-dealkylation sites (tertiary alicyclic amines) is 2. The zero-order valence-electron chi connectivity index (χ0n) is 7.99. The molecule has 1 spiro atoms. The standard InChI is InChI=1S/C9H16N2O2/c1-10-5-9(6-10)2-3-11(7-9)4-8(12)13/h2-7H2,1H3,(H,12,13). The smallest absolute Gasteiger partial charge is 0.317 e. The molecule has 74 valence electrons. The van der Waals surface area contributed by atoms with Crippen molar-refractivity contribution >= 4 is 5.97 Å². The molecule has 2 fully saturated rings. The van der Waals surface area contributed by atoms with E-state index in [2.05, 4.69) is 16.8 Å². The normalized spacial score (nSPS) is 27.8. The van der Waals surface area contributed by atoms with E-state index in [1.165, 1.54) is 6.42 Å². The van der Waals surface area contributed by atoms with Gasteiger partial charge in [0.05, 0.1) is 6.54 Å².